The third-order valence-electron chi connectivity index (χ3n) is 3.07. The molecule has 1 atom stereocenters. The Morgan fingerprint density at radius 2 is 1.71 bits per heavy atom. The van der Waals surface area contributed by atoms with Gasteiger partial charge in [-0.15, -0.1) is 0 Å². The van der Waals surface area contributed by atoms with Crippen LogP contribution in [0.4, 0.5) is 17.8 Å². The zero-order chi connectivity index (χ0) is 15.8. The van der Waals surface area contributed by atoms with E-state index in [9.17, 15) is 5.11 Å². The molecule has 120 valence electrons. The second-order valence-electron chi connectivity index (χ2n) is 5.09. The molecule has 21 heavy (non-hydrogen) atoms. The van der Waals surface area contributed by atoms with Gasteiger partial charge in [0.1, 0.15) is 0 Å². The molecular formula is C14H28N6O. The Bertz CT molecular complexity index is 422. The highest BCUT2D eigenvalue weighted by atomic mass is 16.3. The summed E-state index contributed by atoms with van der Waals surface area (Å²) in [7, 11) is 1.87. The topological polar surface area (TPSA) is 77.4 Å². The Morgan fingerprint density at radius 1 is 1.10 bits per heavy atom. The fourth-order valence-corrected chi connectivity index (χ4v) is 1.97. The van der Waals surface area contributed by atoms with Crippen molar-refractivity contribution in [2.75, 3.05) is 48.3 Å². The first-order valence-corrected chi connectivity index (χ1v) is 7.65. The summed E-state index contributed by atoms with van der Waals surface area (Å²) in [5.41, 5.74) is 0. The van der Waals surface area contributed by atoms with Crippen molar-refractivity contribution in [3.05, 3.63) is 0 Å². The summed E-state index contributed by atoms with van der Waals surface area (Å²) >= 11 is 0. The van der Waals surface area contributed by atoms with E-state index in [1.165, 1.54) is 0 Å². The van der Waals surface area contributed by atoms with Crippen molar-refractivity contribution in [2.45, 2.75) is 40.2 Å². The van der Waals surface area contributed by atoms with Gasteiger partial charge in [-0.05, 0) is 27.2 Å². The Kier molecular flexibility index (Phi) is 7.14. The van der Waals surface area contributed by atoms with E-state index < -0.39 is 6.10 Å². The summed E-state index contributed by atoms with van der Waals surface area (Å²) in [5.74, 6) is 1.83. The van der Waals surface area contributed by atoms with Gasteiger partial charge in [0.2, 0.25) is 17.8 Å². The standard InChI is InChI=1S/C14H28N6O/c1-6-9-15-12-16-13(19(5)10-11(4)21)18-14(17-12)20(7-2)8-3/h11,21H,6-10H2,1-5H3,(H,15,16,17,18). The quantitative estimate of drug-likeness (QED) is 0.712. The zero-order valence-corrected chi connectivity index (χ0v) is 13.8. The number of anilines is 3. The van der Waals surface area contributed by atoms with E-state index in [-0.39, 0.29) is 0 Å². The first kappa shape index (κ1) is 17.4. The smallest absolute Gasteiger partial charge is 0.231 e. The summed E-state index contributed by atoms with van der Waals surface area (Å²) in [4.78, 5) is 17.3. The number of nitrogens with one attached hydrogen (secondary N) is 1. The van der Waals surface area contributed by atoms with E-state index in [1.807, 2.05) is 11.9 Å². The molecule has 1 unspecified atom stereocenters. The summed E-state index contributed by atoms with van der Waals surface area (Å²) in [5, 5.41) is 12.7. The molecule has 0 amide bonds. The molecule has 0 aliphatic carbocycles. The minimum Gasteiger partial charge on any atom is -0.392 e. The van der Waals surface area contributed by atoms with E-state index >= 15 is 0 Å². The van der Waals surface area contributed by atoms with Gasteiger partial charge < -0.3 is 20.2 Å². The van der Waals surface area contributed by atoms with Gasteiger partial charge in [-0.25, -0.2) is 0 Å². The highest BCUT2D eigenvalue weighted by Crippen LogP contribution is 2.16. The molecular weight excluding hydrogens is 268 g/mol. The van der Waals surface area contributed by atoms with Crippen molar-refractivity contribution in [1.29, 1.82) is 0 Å². The number of likely N-dealkylation sites (N-methyl/N-ethyl adjacent to an activating group) is 1. The molecule has 0 radical (unpaired) electrons. The molecule has 0 saturated carbocycles. The number of aliphatic hydroxyl groups is 1. The molecule has 0 saturated heterocycles. The van der Waals surface area contributed by atoms with Gasteiger partial charge in [0, 0.05) is 33.2 Å². The Hall–Kier alpha value is -1.63. The lowest BCUT2D eigenvalue weighted by Crippen LogP contribution is -2.31. The molecule has 7 nitrogen and oxygen atoms in total. The van der Waals surface area contributed by atoms with E-state index in [2.05, 4.69) is 45.9 Å². The number of hydrogen-bond acceptors (Lipinski definition) is 7. The molecule has 0 fully saturated rings. The monoisotopic (exact) mass is 296 g/mol. The molecule has 1 aromatic rings. The lowest BCUT2D eigenvalue weighted by atomic mass is 10.4. The van der Waals surface area contributed by atoms with Crippen molar-refractivity contribution in [2.24, 2.45) is 0 Å². The maximum Gasteiger partial charge on any atom is 0.231 e. The van der Waals surface area contributed by atoms with Crippen LogP contribution in [-0.4, -0.2) is 59.4 Å². The maximum absolute atomic E-state index is 9.53. The Morgan fingerprint density at radius 3 is 2.24 bits per heavy atom. The van der Waals surface area contributed by atoms with Gasteiger partial charge in [0.25, 0.3) is 0 Å². The van der Waals surface area contributed by atoms with Gasteiger partial charge in [0.05, 0.1) is 6.10 Å². The Balaban J connectivity index is 3.07. The van der Waals surface area contributed by atoms with Crippen molar-refractivity contribution in [3.8, 4) is 0 Å². The van der Waals surface area contributed by atoms with Crippen LogP contribution in [0.1, 0.15) is 34.1 Å². The first-order valence-electron chi connectivity index (χ1n) is 7.65. The fourth-order valence-electron chi connectivity index (χ4n) is 1.97. The molecule has 0 spiro atoms. The summed E-state index contributed by atoms with van der Waals surface area (Å²) < 4.78 is 0. The second kappa shape index (κ2) is 8.61. The molecule has 0 aromatic carbocycles. The van der Waals surface area contributed by atoms with Crippen LogP contribution >= 0.6 is 0 Å². The van der Waals surface area contributed by atoms with Gasteiger partial charge in [-0.3, -0.25) is 0 Å². The molecule has 0 aliphatic rings. The van der Waals surface area contributed by atoms with Crippen LogP contribution in [0.5, 0.6) is 0 Å². The van der Waals surface area contributed by atoms with Crippen molar-refractivity contribution in [3.63, 3.8) is 0 Å². The van der Waals surface area contributed by atoms with Gasteiger partial charge in [-0.2, -0.15) is 15.0 Å². The largest absolute Gasteiger partial charge is 0.392 e. The van der Waals surface area contributed by atoms with Crippen LogP contribution in [0.15, 0.2) is 0 Å². The van der Waals surface area contributed by atoms with E-state index in [1.54, 1.807) is 6.92 Å². The van der Waals surface area contributed by atoms with Crippen molar-refractivity contribution < 1.29 is 5.11 Å². The lowest BCUT2D eigenvalue weighted by molar-refractivity contribution is 0.201. The predicted octanol–water partition coefficient (Wildman–Crippen LogP) is 1.36. The van der Waals surface area contributed by atoms with E-state index in [4.69, 9.17) is 0 Å². The average molecular weight is 296 g/mol. The highest BCUT2D eigenvalue weighted by molar-refractivity contribution is 5.44. The van der Waals surface area contributed by atoms with Gasteiger partial charge in [0.15, 0.2) is 0 Å². The SMILES string of the molecule is CCCNc1nc(N(C)CC(C)O)nc(N(CC)CC)n1. The van der Waals surface area contributed by atoms with E-state index in [0.29, 0.717) is 24.4 Å². The second-order valence-corrected chi connectivity index (χ2v) is 5.09. The van der Waals surface area contributed by atoms with Crippen molar-refractivity contribution in [1.82, 2.24) is 15.0 Å². The number of aliphatic hydroxyl groups excluding tert-OH is 1. The first-order chi connectivity index (χ1) is 10.0. The lowest BCUT2D eigenvalue weighted by Gasteiger charge is -2.23. The highest BCUT2D eigenvalue weighted by Gasteiger charge is 2.14. The Labute approximate surface area is 127 Å². The number of aromatic nitrogens is 3. The summed E-state index contributed by atoms with van der Waals surface area (Å²) in [6.45, 7) is 11.0. The number of hydrogen-bond donors (Lipinski definition) is 2. The average Bonchev–Trinajstić information content (AvgIpc) is 2.45. The molecule has 1 rings (SSSR count). The molecule has 0 aliphatic heterocycles. The third-order valence-corrected chi connectivity index (χ3v) is 3.07. The van der Waals surface area contributed by atoms with Gasteiger partial charge in [-0.1, -0.05) is 6.92 Å². The van der Waals surface area contributed by atoms with Crippen LogP contribution in [0.25, 0.3) is 0 Å². The van der Waals surface area contributed by atoms with Crippen LogP contribution < -0.4 is 15.1 Å². The van der Waals surface area contributed by atoms with Gasteiger partial charge >= 0.3 is 0 Å². The minimum atomic E-state index is -0.435. The van der Waals surface area contributed by atoms with Crippen LogP contribution in [0.2, 0.25) is 0 Å². The summed E-state index contributed by atoms with van der Waals surface area (Å²) in [6, 6.07) is 0. The molecule has 7 heteroatoms. The summed E-state index contributed by atoms with van der Waals surface area (Å²) in [6.07, 6.45) is 0.571. The minimum absolute atomic E-state index is 0.435. The third kappa shape index (κ3) is 5.34. The van der Waals surface area contributed by atoms with E-state index in [0.717, 1.165) is 26.1 Å². The molecule has 1 heterocycles. The number of nitrogens with zero attached hydrogens (tertiary/aromatic N) is 5. The molecule has 0 bridgehead atoms. The molecule has 2 N–H and O–H groups in total. The van der Waals surface area contributed by atoms with Crippen LogP contribution in [-0.2, 0) is 0 Å². The molecule has 1 aromatic heterocycles. The predicted molar refractivity (Wildman–Crippen MR) is 87.1 cm³/mol. The van der Waals surface area contributed by atoms with Crippen LogP contribution in [0.3, 0.4) is 0 Å². The normalized spacial score (nSPS) is 12.1. The number of rotatable bonds is 9. The zero-order valence-electron chi connectivity index (χ0n) is 13.8. The van der Waals surface area contributed by atoms with Crippen molar-refractivity contribution >= 4 is 17.8 Å². The fraction of sp³-hybridized carbons (Fsp3) is 0.786. The van der Waals surface area contributed by atoms with Crippen LogP contribution in [0, 0.1) is 0 Å². The maximum atomic E-state index is 9.53.